The molecule has 0 aliphatic carbocycles. The van der Waals surface area contributed by atoms with Crippen LogP contribution in [0.25, 0.3) is 0 Å². The maximum Gasteiger partial charge on any atom is 0.0770 e. The Kier molecular flexibility index (Phi) is 32.9. The van der Waals surface area contributed by atoms with Crippen LogP contribution >= 0.6 is 0 Å². The third-order valence-corrected chi connectivity index (χ3v) is 5.86. The number of quaternary nitrogens is 1. The van der Waals surface area contributed by atoms with E-state index in [2.05, 4.69) is 70.2 Å². The lowest BCUT2D eigenvalue weighted by Crippen LogP contribution is -3.12. The minimum absolute atomic E-state index is 0.151. The van der Waals surface area contributed by atoms with Gasteiger partial charge in [0.1, 0.15) is 0 Å². The molecule has 0 radical (unpaired) electrons. The Labute approximate surface area is 219 Å². The summed E-state index contributed by atoms with van der Waals surface area (Å²) >= 11 is 0. The topological polar surface area (TPSA) is 44.6 Å². The molecule has 0 heterocycles. The van der Waals surface area contributed by atoms with Gasteiger partial charge in [-0.2, -0.15) is 0 Å². The summed E-state index contributed by atoms with van der Waals surface area (Å²) in [5, 5.41) is 10.2. The van der Waals surface area contributed by atoms with Gasteiger partial charge in [0.25, 0.3) is 0 Å². The second-order valence-corrected chi connectivity index (χ2v) is 9.41. The van der Waals surface area contributed by atoms with E-state index < -0.39 is 5.97 Å². The largest absolute Gasteiger partial charge is 0.550 e. The van der Waals surface area contributed by atoms with Crippen LogP contribution in [0.5, 0.6) is 0 Å². The highest BCUT2D eigenvalue weighted by Gasteiger charge is 2.05. The Balaban J connectivity index is 0. The molecular weight excluding hydrogens is 430 g/mol. The number of hydrogen-bond donors (Lipinski definition) is 1. The molecular formula is C32H59NO2. The number of nitrogens with one attached hydrogen (secondary N) is 1. The lowest BCUT2D eigenvalue weighted by atomic mass is 10.2. The number of hydrogen-bond acceptors (Lipinski definition) is 2. The van der Waals surface area contributed by atoms with E-state index in [9.17, 15) is 9.90 Å². The van der Waals surface area contributed by atoms with Gasteiger partial charge in [-0.05, 0) is 70.6 Å². The van der Waals surface area contributed by atoms with E-state index in [0.717, 1.165) is 25.7 Å². The van der Waals surface area contributed by atoms with Crippen LogP contribution < -0.4 is 10.0 Å². The molecule has 0 saturated heterocycles. The summed E-state index contributed by atoms with van der Waals surface area (Å²) in [5.41, 5.74) is 0. The summed E-state index contributed by atoms with van der Waals surface area (Å²) in [5.74, 6) is -0.962. The van der Waals surface area contributed by atoms with E-state index in [1.54, 1.807) is 0 Å². The van der Waals surface area contributed by atoms with Gasteiger partial charge in [0.2, 0.25) is 0 Å². The highest BCUT2D eigenvalue weighted by molar-refractivity contribution is 5.64. The van der Waals surface area contributed by atoms with Gasteiger partial charge < -0.3 is 14.8 Å². The minimum Gasteiger partial charge on any atom is -0.550 e. The molecule has 3 heteroatoms. The summed E-state index contributed by atoms with van der Waals surface area (Å²) in [4.78, 5) is 12.0. The van der Waals surface area contributed by atoms with Crippen LogP contribution in [0.15, 0.2) is 48.6 Å². The van der Waals surface area contributed by atoms with Crippen LogP contribution in [0.4, 0.5) is 0 Å². The molecule has 0 spiro atoms. The van der Waals surface area contributed by atoms with Crippen molar-refractivity contribution < 1.29 is 14.8 Å². The monoisotopic (exact) mass is 489 g/mol. The predicted molar refractivity (Wildman–Crippen MR) is 154 cm³/mol. The number of carboxylic acids is 1. The standard InChI is InChI=1S/C20H32O2.C12H27N/c1-2-3-4-5-6-7-8-9-10-11-12-13-14-15-16-17-18-19-20(21)22;1-4-7-10-13(11-8-5-2)12-9-6-3/h6-7,9-10,12-13,15-16H,2-5,8,11,14,17-19H2,1H3,(H,21,22);4-12H2,1-3H3/b7-6-,10-9-,13-12-,16-15-;. The normalized spacial score (nSPS) is 11.9. The molecule has 204 valence electrons. The van der Waals surface area contributed by atoms with Gasteiger partial charge in [-0.3, -0.25) is 0 Å². The molecule has 0 fully saturated rings. The fraction of sp³-hybridized carbons (Fsp3) is 0.719. The van der Waals surface area contributed by atoms with Crippen LogP contribution in [0.1, 0.15) is 130 Å². The third kappa shape index (κ3) is 34.6. The van der Waals surface area contributed by atoms with Gasteiger partial charge in [-0.25, -0.2) is 0 Å². The molecule has 0 amide bonds. The number of carbonyl (C=O) groups excluding carboxylic acids is 1. The lowest BCUT2D eigenvalue weighted by Gasteiger charge is -2.18. The molecule has 0 aliphatic heterocycles. The minimum atomic E-state index is -0.962. The SMILES string of the molecule is CCCCC/C=C\C/C=C\C/C=C\C/C=C\CCCC(=O)[O-].CCCC[NH+](CCCC)CCCC. The van der Waals surface area contributed by atoms with Crippen molar-refractivity contribution in [3.63, 3.8) is 0 Å². The summed E-state index contributed by atoms with van der Waals surface area (Å²) in [6.45, 7) is 13.3. The molecule has 1 N–H and O–H groups in total. The summed E-state index contributed by atoms with van der Waals surface area (Å²) in [6, 6.07) is 0. The number of rotatable bonds is 23. The average Bonchev–Trinajstić information content (AvgIpc) is 2.85. The molecule has 0 aromatic rings. The van der Waals surface area contributed by atoms with Crippen LogP contribution in [-0.2, 0) is 4.79 Å². The van der Waals surface area contributed by atoms with Crippen LogP contribution in [0.3, 0.4) is 0 Å². The van der Waals surface area contributed by atoms with E-state index in [4.69, 9.17) is 0 Å². The summed E-state index contributed by atoms with van der Waals surface area (Å²) in [6.07, 6.45) is 35.3. The van der Waals surface area contributed by atoms with Crippen LogP contribution in [0.2, 0.25) is 0 Å². The summed E-state index contributed by atoms with van der Waals surface area (Å²) < 4.78 is 0. The van der Waals surface area contributed by atoms with E-state index in [0.29, 0.717) is 6.42 Å². The Morgan fingerprint density at radius 1 is 0.543 bits per heavy atom. The first kappa shape index (κ1) is 35.6. The van der Waals surface area contributed by atoms with Gasteiger partial charge in [-0.15, -0.1) is 0 Å². The molecule has 0 aromatic heterocycles. The molecule has 0 aromatic carbocycles. The first-order chi connectivity index (χ1) is 17.1. The van der Waals surface area contributed by atoms with Crippen molar-refractivity contribution in [3.8, 4) is 0 Å². The zero-order valence-electron chi connectivity index (χ0n) is 23.9. The van der Waals surface area contributed by atoms with Gasteiger partial charge in [-0.1, -0.05) is 108 Å². The number of allylic oxidation sites excluding steroid dienone is 8. The fourth-order valence-corrected chi connectivity index (χ4v) is 3.58. The number of aliphatic carboxylic acids is 1. The molecule has 0 rings (SSSR count). The highest BCUT2D eigenvalue weighted by atomic mass is 16.4. The number of carboxylic acid groups (broad SMARTS) is 1. The number of carbonyl (C=O) groups is 1. The van der Waals surface area contributed by atoms with E-state index in [1.807, 2.05) is 11.0 Å². The molecule has 0 aliphatic rings. The predicted octanol–water partition coefficient (Wildman–Crippen LogP) is 7.15. The zero-order valence-corrected chi connectivity index (χ0v) is 23.9. The molecule has 0 bridgehead atoms. The van der Waals surface area contributed by atoms with Crippen molar-refractivity contribution in [1.29, 1.82) is 0 Å². The van der Waals surface area contributed by atoms with E-state index >= 15 is 0 Å². The van der Waals surface area contributed by atoms with E-state index in [1.165, 1.54) is 83.8 Å². The van der Waals surface area contributed by atoms with Crippen LogP contribution in [0, 0.1) is 0 Å². The molecule has 0 saturated carbocycles. The zero-order chi connectivity index (χ0) is 26.2. The average molecular weight is 490 g/mol. The highest BCUT2D eigenvalue weighted by Crippen LogP contribution is 2.01. The Bertz CT molecular complexity index is 515. The van der Waals surface area contributed by atoms with Gasteiger partial charge in [0.05, 0.1) is 19.6 Å². The molecule has 0 atom stereocenters. The molecule has 35 heavy (non-hydrogen) atoms. The first-order valence-electron chi connectivity index (χ1n) is 14.8. The Hall–Kier alpha value is -1.61. The van der Waals surface area contributed by atoms with Crippen molar-refractivity contribution in [1.82, 2.24) is 0 Å². The second-order valence-electron chi connectivity index (χ2n) is 9.41. The van der Waals surface area contributed by atoms with Crippen molar-refractivity contribution >= 4 is 5.97 Å². The number of unbranched alkanes of at least 4 members (excludes halogenated alkanes) is 7. The van der Waals surface area contributed by atoms with Gasteiger partial charge in [0, 0.05) is 5.97 Å². The Morgan fingerprint density at radius 3 is 1.29 bits per heavy atom. The second kappa shape index (κ2) is 32.4. The van der Waals surface area contributed by atoms with Crippen molar-refractivity contribution in [2.24, 2.45) is 0 Å². The molecule has 0 unspecified atom stereocenters. The third-order valence-electron chi connectivity index (χ3n) is 5.86. The van der Waals surface area contributed by atoms with Gasteiger partial charge in [0.15, 0.2) is 0 Å². The van der Waals surface area contributed by atoms with Crippen molar-refractivity contribution in [2.75, 3.05) is 19.6 Å². The lowest BCUT2D eigenvalue weighted by molar-refractivity contribution is -0.900. The maximum absolute atomic E-state index is 10.2. The van der Waals surface area contributed by atoms with E-state index in [-0.39, 0.29) is 6.42 Å². The quantitative estimate of drug-likeness (QED) is 0.122. The fourth-order valence-electron chi connectivity index (χ4n) is 3.58. The Morgan fingerprint density at radius 2 is 0.914 bits per heavy atom. The van der Waals surface area contributed by atoms with Crippen molar-refractivity contribution in [3.05, 3.63) is 48.6 Å². The van der Waals surface area contributed by atoms with Crippen molar-refractivity contribution in [2.45, 2.75) is 130 Å². The smallest absolute Gasteiger partial charge is 0.0770 e. The molecule has 3 nitrogen and oxygen atoms in total. The van der Waals surface area contributed by atoms with Gasteiger partial charge >= 0.3 is 0 Å². The summed E-state index contributed by atoms with van der Waals surface area (Å²) in [7, 11) is 0. The van der Waals surface area contributed by atoms with Crippen LogP contribution in [-0.4, -0.2) is 25.6 Å². The maximum atomic E-state index is 10.2. The first-order valence-corrected chi connectivity index (χ1v) is 14.8.